The molecule has 0 fully saturated rings. The molecular weight excluding hydrogens is 378 g/mol. The minimum absolute atomic E-state index is 0.499. The lowest BCUT2D eigenvalue weighted by molar-refractivity contribution is -0.137. The summed E-state index contributed by atoms with van der Waals surface area (Å²) in [5.74, 6) is 0. The highest BCUT2D eigenvalue weighted by atomic mass is 127. The summed E-state index contributed by atoms with van der Waals surface area (Å²) in [5, 5.41) is 3.06. The van der Waals surface area contributed by atoms with E-state index < -0.39 is 11.7 Å². The van der Waals surface area contributed by atoms with Crippen molar-refractivity contribution >= 4 is 28.3 Å². The molecule has 0 saturated carbocycles. The molecule has 2 aromatic carbocycles. The van der Waals surface area contributed by atoms with Crippen LogP contribution < -0.4 is 5.32 Å². The molecule has 106 valence electrons. The van der Waals surface area contributed by atoms with Crippen molar-refractivity contribution in [2.75, 3.05) is 5.32 Å². The van der Waals surface area contributed by atoms with Crippen LogP contribution in [0.15, 0.2) is 42.5 Å². The van der Waals surface area contributed by atoms with Crippen LogP contribution >= 0.6 is 22.6 Å². The molecule has 2 aromatic rings. The van der Waals surface area contributed by atoms with Crippen molar-refractivity contribution in [1.82, 2.24) is 0 Å². The molecule has 0 atom stereocenters. The van der Waals surface area contributed by atoms with Gasteiger partial charge in [0, 0.05) is 15.8 Å². The minimum Gasteiger partial charge on any atom is -0.381 e. The molecule has 0 aliphatic rings. The Morgan fingerprint density at radius 3 is 2.30 bits per heavy atom. The first-order valence-corrected chi connectivity index (χ1v) is 7.10. The number of benzene rings is 2. The third-order valence-electron chi connectivity index (χ3n) is 2.96. The third-order valence-corrected chi connectivity index (χ3v) is 3.68. The lowest BCUT2D eigenvalue weighted by Gasteiger charge is -2.13. The summed E-state index contributed by atoms with van der Waals surface area (Å²) < 4.78 is 39.2. The van der Waals surface area contributed by atoms with Crippen LogP contribution in [0.2, 0.25) is 0 Å². The average Bonchev–Trinajstić information content (AvgIpc) is 2.38. The average molecular weight is 391 g/mol. The fraction of sp³-hybridized carbons (Fsp3) is 0.200. The molecular formula is C15H13F3IN. The van der Waals surface area contributed by atoms with E-state index in [2.05, 4.69) is 27.9 Å². The molecule has 0 bridgehead atoms. The van der Waals surface area contributed by atoms with Crippen molar-refractivity contribution in [1.29, 1.82) is 0 Å². The predicted molar refractivity (Wildman–Crippen MR) is 82.7 cm³/mol. The van der Waals surface area contributed by atoms with Gasteiger partial charge >= 0.3 is 6.18 Å². The second-order valence-electron chi connectivity index (χ2n) is 4.51. The van der Waals surface area contributed by atoms with E-state index in [9.17, 15) is 13.2 Å². The summed E-state index contributed by atoms with van der Waals surface area (Å²) >= 11 is 2.21. The van der Waals surface area contributed by atoms with E-state index in [1.807, 2.05) is 24.3 Å². The summed E-state index contributed by atoms with van der Waals surface area (Å²) in [5.41, 5.74) is 1.71. The number of anilines is 1. The molecule has 1 nitrogen and oxygen atoms in total. The number of hydrogen-bond donors (Lipinski definition) is 1. The zero-order chi connectivity index (χ0) is 14.8. The van der Waals surface area contributed by atoms with Gasteiger partial charge in [-0.15, -0.1) is 0 Å². The van der Waals surface area contributed by atoms with Crippen LogP contribution in [0.1, 0.15) is 16.7 Å². The van der Waals surface area contributed by atoms with Crippen molar-refractivity contribution in [2.24, 2.45) is 0 Å². The fourth-order valence-corrected chi connectivity index (χ4v) is 2.15. The fourth-order valence-electron chi connectivity index (χ4n) is 1.79. The molecule has 0 aromatic heterocycles. The van der Waals surface area contributed by atoms with E-state index in [4.69, 9.17) is 0 Å². The van der Waals surface area contributed by atoms with Gasteiger partial charge in [-0.3, -0.25) is 0 Å². The molecule has 0 radical (unpaired) electrons. The monoisotopic (exact) mass is 391 g/mol. The number of halogens is 4. The smallest absolute Gasteiger partial charge is 0.381 e. The molecule has 0 heterocycles. The number of rotatable bonds is 3. The first kappa shape index (κ1) is 15.2. The van der Waals surface area contributed by atoms with E-state index in [0.717, 1.165) is 26.8 Å². The summed E-state index contributed by atoms with van der Waals surface area (Å²) in [4.78, 5) is 0. The Labute approximate surface area is 129 Å². The second-order valence-corrected chi connectivity index (χ2v) is 5.75. The van der Waals surface area contributed by atoms with E-state index in [-0.39, 0.29) is 0 Å². The maximum absolute atomic E-state index is 12.7. The predicted octanol–water partition coefficient (Wildman–Crippen LogP) is 5.23. The van der Waals surface area contributed by atoms with Gasteiger partial charge in [-0.25, -0.2) is 0 Å². The van der Waals surface area contributed by atoms with Gasteiger partial charge in [-0.05, 0) is 64.9 Å². The quantitative estimate of drug-likeness (QED) is 0.707. The molecule has 0 amide bonds. The van der Waals surface area contributed by atoms with Crippen molar-refractivity contribution in [2.45, 2.75) is 19.6 Å². The van der Waals surface area contributed by atoms with Gasteiger partial charge in [0.15, 0.2) is 0 Å². The van der Waals surface area contributed by atoms with Gasteiger partial charge in [0.2, 0.25) is 0 Å². The van der Waals surface area contributed by atoms with Crippen LogP contribution in [0.4, 0.5) is 18.9 Å². The third kappa shape index (κ3) is 3.88. The largest absolute Gasteiger partial charge is 0.416 e. The summed E-state index contributed by atoms with van der Waals surface area (Å²) in [6.45, 7) is 2.29. The van der Waals surface area contributed by atoms with Crippen molar-refractivity contribution in [3.8, 4) is 0 Å². The molecule has 1 N–H and O–H groups in total. The molecule has 0 unspecified atom stereocenters. The van der Waals surface area contributed by atoms with Crippen LogP contribution in [-0.2, 0) is 12.7 Å². The van der Waals surface area contributed by atoms with Crippen molar-refractivity contribution in [3.63, 3.8) is 0 Å². The maximum atomic E-state index is 12.7. The van der Waals surface area contributed by atoms with Gasteiger partial charge < -0.3 is 5.32 Å². The van der Waals surface area contributed by atoms with Gasteiger partial charge in [-0.1, -0.05) is 18.2 Å². The topological polar surface area (TPSA) is 12.0 Å². The number of alkyl halides is 3. The Kier molecular flexibility index (Phi) is 4.57. The van der Waals surface area contributed by atoms with Crippen LogP contribution in [0.25, 0.3) is 0 Å². The zero-order valence-electron chi connectivity index (χ0n) is 10.8. The van der Waals surface area contributed by atoms with Crippen LogP contribution in [0.5, 0.6) is 0 Å². The molecule has 2 rings (SSSR count). The van der Waals surface area contributed by atoms with Crippen LogP contribution in [0.3, 0.4) is 0 Å². The summed E-state index contributed by atoms with van der Waals surface area (Å²) in [6.07, 6.45) is -4.31. The van der Waals surface area contributed by atoms with Gasteiger partial charge in [-0.2, -0.15) is 13.2 Å². The number of nitrogens with one attached hydrogen (secondary N) is 1. The SMILES string of the molecule is Cc1ccc(C(F)(F)F)cc1NCc1ccc(I)cc1. The second kappa shape index (κ2) is 6.03. The molecule has 0 aliphatic heterocycles. The minimum atomic E-state index is -4.31. The van der Waals surface area contributed by atoms with E-state index >= 15 is 0 Å². The van der Waals surface area contributed by atoms with Gasteiger partial charge in [0.05, 0.1) is 5.56 Å². The van der Waals surface area contributed by atoms with E-state index in [0.29, 0.717) is 12.2 Å². The Morgan fingerprint density at radius 1 is 1.05 bits per heavy atom. The Bertz CT molecular complexity index is 591. The van der Waals surface area contributed by atoms with E-state index in [1.165, 1.54) is 6.07 Å². The number of hydrogen-bond acceptors (Lipinski definition) is 1. The molecule has 0 saturated heterocycles. The Balaban J connectivity index is 2.14. The lowest BCUT2D eigenvalue weighted by Crippen LogP contribution is -2.07. The Morgan fingerprint density at radius 2 is 1.70 bits per heavy atom. The van der Waals surface area contributed by atoms with Crippen molar-refractivity contribution < 1.29 is 13.2 Å². The summed E-state index contributed by atoms with van der Waals surface area (Å²) in [6, 6.07) is 11.6. The maximum Gasteiger partial charge on any atom is 0.416 e. The number of aryl methyl sites for hydroxylation is 1. The first-order chi connectivity index (χ1) is 9.36. The van der Waals surface area contributed by atoms with Gasteiger partial charge in [0.1, 0.15) is 0 Å². The zero-order valence-corrected chi connectivity index (χ0v) is 12.9. The molecule has 20 heavy (non-hydrogen) atoms. The standard InChI is InChI=1S/C15H13F3IN/c1-10-2-5-12(15(16,17)18)8-14(10)20-9-11-3-6-13(19)7-4-11/h2-8,20H,9H2,1H3. The first-order valence-electron chi connectivity index (χ1n) is 6.02. The normalized spacial score (nSPS) is 11.4. The summed E-state index contributed by atoms with van der Waals surface area (Å²) in [7, 11) is 0. The molecule has 5 heteroatoms. The highest BCUT2D eigenvalue weighted by Crippen LogP contribution is 2.32. The van der Waals surface area contributed by atoms with Crippen LogP contribution in [0, 0.1) is 10.5 Å². The van der Waals surface area contributed by atoms with Crippen molar-refractivity contribution in [3.05, 3.63) is 62.7 Å². The van der Waals surface area contributed by atoms with Crippen LogP contribution in [-0.4, -0.2) is 0 Å². The molecule has 0 aliphatic carbocycles. The highest BCUT2D eigenvalue weighted by molar-refractivity contribution is 14.1. The Hall–Kier alpha value is -1.24. The van der Waals surface area contributed by atoms with Gasteiger partial charge in [0.25, 0.3) is 0 Å². The highest BCUT2D eigenvalue weighted by Gasteiger charge is 2.30. The van der Waals surface area contributed by atoms with E-state index in [1.54, 1.807) is 6.92 Å². The lowest BCUT2D eigenvalue weighted by atomic mass is 10.1. The molecule has 0 spiro atoms.